The molecule has 0 unspecified atom stereocenters. The number of carbonyl (C=O) groups excluding carboxylic acids is 1. The maximum absolute atomic E-state index is 11.4. The topological polar surface area (TPSA) is 49.3 Å². The van der Waals surface area contributed by atoms with E-state index < -0.39 is 0 Å². The molecule has 0 aromatic heterocycles. The summed E-state index contributed by atoms with van der Waals surface area (Å²) in [5, 5.41) is 11.9. The highest BCUT2D eigenvalue weighted by atomic mass is 35.5. The predicted octanol–water partition coefficient (Wildman–Crippen LogP) is 2.66. The molecule has 0 heterocycles. The first-order valence-electron chi connectivity index (χ1n) is 4.79. The molecule has 0 aliphatic carbocycles. The van der Waals surface area contributed by atoms with E-state index in [1.807, 2.05) is 6.92 Å². The molecule has 0 fully saturated rings. The van der Waals surface area contributed by atoms with Crippen LogP contribution in [-0.2, 0) is 4.79 Å². The molecule has 0 atom stereocenters. The Balaban J connectivity index is 2.60. The van der Waals surface area contributed by atoms with Crippen molar-refractivity contribution in [3.63, 3.8) is 0 Å². The minimum atomic E-state index is -0.0514. The van der Waals surface area contributed by atoms with Gasteiger partial charge in [0.15, 0.2) is 0 Å². The lowest BCUT2D eigenvalue weighted by Gasteiger charge is -2.07. The van der Waals surface area contributed by atoms with Crippen LogP contribution in [0.3, 0.4) is 0 Å². The molecule has 0 bridgehead atoms. The van der Waals surface area contributed by atoms with E-state index in [9.17, 15) is 9.90 Å². The number of phenolic OH excluding ortho intramolecular Hbond substituents is 1. The summed E-state index contributed by atoms with van der Waals surface area (Å²) in [5.41, 5.74) is 1.57. The van der Waals surface area contributed by atoms with Crippen molar-refractivity contribution in [3.05, 3.63) is 23.8 Å². The highest BCUT2D eigenvalue weighted by Gasteiger charge is 2.04. The van der Waals surface area contributed by atoms with E-state index in [4.69, 9.17) is 11.6 Å². The van der Waals surface area contributed by atoms with E-state index in [1.54, 1.807) is 18.2 Å². The average Bonchev–Trinajstić information content (AvgIpc) is 2.19. The van der Waals surface area contributed by atoms with Crippen LogP contribution < -0.4 is 5.32 Å². The number of rotatable bonds is 4. The van der Waals surface area contributed by atoms with Gasteiger partial charge in [-0.2, -0.15) is 0 Å². The maximum Gasteiger partial charge on any atom is 0.224 e. The predicted molar refractivity (Wildman–Crippen MR) is 61.4 cm³/mol. The number of halogens is 1. The second kappa shape index (κ2) is 5.61. The number of alkyl halides is 1. The molecular formula is C11H14ClNO2. The van der Waals surface area contributed by atoms with Crippen molar-refractivity contribution in [2.75, 3.05) is 11.2 Å². The Kier molecular flexibility index (Phi) is 4.43. The number of phenols is 1. The normalized spacial score (nSPS) is 10.0. The number of benzene rings is 1. The van der Waals surface area contributed by atoms with Crippen molar-refractivity contribution >= 4 is 23.2 Å². The molecule has 0 radical (unpaired) electrons. The van der Waals surface area contributed by atoms with E-state index in [1.165, 1.54) is 0 Å². The third-order valence-electron chi connectivity index (χ3n) is 2.02. The lowest BCUT2D eigenvalue weighted by atomic mass is 10.2. The average molecular weight is 228 g/mol. The molecular weight excluding hydrogens is 214 g/mol. The number of aryl methyl sites for hydroxylation is 1. The zero-order chi connectivity index (χ0) is 11.3. The van der Waals surface area contributed by atoms with Crippen LogP contribution in [-0.4, -0.2) is 16.9 Å². The fraction of sp³-hybridized carbons (Fsp3) is 0.364. The highest BCUT2D eigenvalue weighted by Crippen LogP contribution is 2.20. The number of hydrogen-bond donors (Lipinski definition) is 2. The van der Waals surface area contributed by atoms with Crippen LogP contribution in [0.15, 0.2) is 18.2 Å². The van der Waals surface area contributed by atoms with Gasteiger partial charge in [-0.25, -0.2) is 0 Å². The van der Waals surface area contributed by atoms with Crippen LogP contribution in [0.2, 0.25) is 0 Å². The largest absolute Gasteiger partial charge is 0.508 e. The number of hydrogen-bond acceptors (Lipinski definition) is 2. The van der Waals surface area contributed by atoms with E-state index in [0.717, 1.165) is 11.3 Å². The standard InChI is InChI=1S/C11H14ClNO2/c1-8-7-9(14)4-5-10(8)13-11(15)3-2-6-12/h4-5,7,14H,2-3,6H2,1H3,(H,13,15). The van der Waals surface area contributed by atoms with Gasteiger partial charge in [0, 0.05) is 18.0 Å². The minimum Gasteiger partial charge on any atom is -0.508 e. The number of nitrogens with one attached hydrogen (secondary N) is 1. The molecule has 0 saturated carbocycles. The summed E-state index contributed by atoms with van der Waals surface area (Å²) in [6.45, 7) is 1.83. The summed E-state index contributed by atoms with van der Waals surface area (Å²) >= 11 is 5.49. The first kappa shape index (κ1) is 11.9. The molecule has 0 spiro atoms. The minimum absolute atomic E-state index is 0.0514. The zero-order valence-electron chi connectivity index (χ0n) is 8.59. The van der Waals surface area contributed by atoms with Crippen LogP contribution in [0.4, 0.5) is 5.69 Å². The van der Waals surface area contributed by atoms with Crippen molar-refractivity contribution < 1.29 is 9.90 Å². The fourth-order valence-electron chi connectivity index (χ4n) is 1.23. The first-order valence-corrected chi connectivity index (χ1v) is 5.32. The molecule has 0 aliphatic rings. The number of anilines is 1. The lowest BCUT2D eigenvalue weighted by molar-refractivity contribution is -0.116. The number of aromatic hydroxyl groups is 1. The van der Waals surface area contributed by atoms with Crippen LogP contribution >= 0.6 is 11.6 Å². The molecule has 0 saturated heterocycles. The molecule has 2 N–H and O–H groups in total. The van der Waals surface area contributed by atoms with Crippen LogP contribution in [0.25, 0.3) is 0 Å². The van der Waals surface area contributed by atoms with Gasteiger partial charge in [-0.3, -0.25) is 4.79 Å². The Morgan fingerprint density at radius 1 is 1.53 bits per heavy atom. The SMILES string of the molecule is Cc1cc(O)ccc1NC(=O)CCCCl. The highest BCUT2D eigenvalue weighted by molar-refractivity contribution is 6.18. The third-order valence-corrected chi connectivity index (χ3v) is 2.29. The molecule has 3 nitrogen and oxygen atoms in total. The Bertz CT molecular complexity index is 352. The molecule has 0 aliphatic heterocycles. The summed E-state index contributed by atoms with van der Waals surface area (Å²) in [6, 6.07) is 4.84. The molecule has 4 heteroatoms. The van der Waals surface area contributed by atoms with E-state index >= 15 is 0 Å². The van der Waals surface area contributed by atoms with Gasteiger partial charge in [-0.15, -0.1) is 11.6 Å². The Labute approximate surface area is 94.1 Å². The smallest absolute Gasteiger partial charge is 0.224 e. The van der Waals surface area contributed by atoms with Gasteiger partial charge >= 0.3 is 0 Å². The van der Waals surface area contributed by atoms with Gasteiger partial charge in [0.1, 0.15) is 5.75 Å². The fourth-order valence-corrected chi connectivity index (χ4v) is 1.36. The summed E-state index contributed by atoms with van der Waals surface area (Å²) in [6.07, 6.45) is 1.09. The van der Waals surface area contributed by atoms with Gasteiger partial charge in [-0.05, 0) is 37.1 Å². The lowest BCUT2D eigenvalue weighted by Crippen LogP contribution is -2.12. The van der Waals surface area contributed by atoms with Crippen LogP contribution in [0.1, 0.15) is 18.4 Å². The Hall–Kier alpha value is -1.22. The number of amides is 1. The second-order valence-electron chi connectivity index (χ2n) is 3.34. The van der Waals surface area contributed by atoms with Gasteiger partial charge in [-0.1, -0.05) is 0 Å². The third kappa shape index (κ3) is 3.80. The van der Waals surface area contributed by atoms with Gasteiger partial charge in [0.2, 0.25) is 5.91 Å². The van der Waals surface area contributed by atoms with Crippen LogP contribution in [0.5, 0.6) is 5.75 Å². The summed E-state index contributed by atoms with van der Waals surface area (Å²) < 4.78 is 0. The molecule has 1 rings (SSSR count). The molecule has 1 aromatic rings. The Morgan fingerprint density at radius 2 is 2.27 bits per heavy atom. The monoisotopic (exact) mass is 227 g/mol. The van der Waals surface area contributed by atoms with Gasteiger partial charge < -0.3 is 10.4 Å². The van der Waals surface area contributed by atoms with Crippen molar-refractivity contribution in [3.8, 4) is 5.75 Å². The Morgan fingerprint density at radius 3 is 2.87 bits per heavy atom. The summed E-state index contributed by atoms with van der Waals surface area (Å²) in [4.78, 5) is 11.4. The van der Waals surface area contributed by atoms with Crippen molar-refractivity contribution in [1.29, 1.82) is 0 Å². The molecule has 1 amide bonds. The van der Waals surface area contributed by atoms with E-state index in [-0.39, 0.29) is 11.7 Å². The van der Waals surface area contributed by atoms with E-state index in [0.29, 0.717) is 18.7 Å². The summed E-state index contributed by atoms with van der Waals surface area (Å²) in [7, 11) is 0. The van der Waals surface area contributed by atoms with E-state index in [2.05, 4.69) is 5.32 Å². The van der Waals surface area contributed by atoms with Crippen molar-refractivity contribution in [1.82, 2.24) is 0 Å². The van der Waals surface area contributed by atoms with Crippen molar-refractivity contribution in [2.24, 2.45) is 0 Å². The second-order valence-corrected chi connectivity index (χ2v) is 3.72. The molecule has 15 heavy (non-hydrogen) atoms. The number of carbonyl (C=O) groups is 1. The summed E-state index contributed by atoms with van der Waals surface area (Å²) in [5.74, 6) is 0.637. The zero-order valence-corrected chi connectivity index (χ0v) is 9.34. The van der Waals surface area contributed by atoms with Crippen molar-refractivity contribution in [2.45, 2.75) is 19.8 Å². The van der Waals surface area contributed by atoms with Crippen LogP contribution in [0, 0.1) is 6.92 Å². The van der Waals surface area contributed by atoms with Gasteiger partial charge in [0.25, 0.3) is 0 Å². The first-order chi connectivity index (χ1) is 7.13. The molecule has 82 valence electrons. The quantitative estimate of drug-likeness (QED) is 0.614. The maximum atomic E-state index is 11.4. The van der Waals surface area contributed by atoms with Gasteiger partial charge in [0.05, 0.1) is 0 Å². The molecule has 1 aromatic carbocycles.